The molecule has 0 radical (unpaired) electrons. The van der Waals surface area contributed by atoms with Crippen LogP contribution in [0.5, 0.6) is 0 Å². The molecule has 2 heteroatoms. The maximum Gasteiger partial charge on any atom is 0.167 e. The second-order valence-corrected chi connectivity index (χ2v) is 5.27. The number of carbonyl (C=O) groups excluding carboxylic acids is 1. The molecule has 1 saturated carbocycles. The third kappa shape index (κ3) is 3.04. The monoisotopic (exact) mass is 212 g/mol. The summed E-state index contributed by atoms with van der Waals surface area (Å²) in [7, 11) is 0. The van der Waals surface area contributed by atoms with Crippen LogP contribution in [0.1, 0.15) is 59.3 Å². The molecule has 1 aliphatic rings. The Kier molecular flexibility index (Phi) is 4.32. The summed E-state index contributed by atoms with van der Waals surface area (Å²) in [4.78, 5) is 12.1. The second kappa shape index (κ2) is 5.11. The van der Waals surface area contributed by atoms with Crippen LogP contribution in [0.2, 0.25) is 0 Å². The number of aliphatic hydroxyl groups is 1. The Morgan fingerprint density at radius 2 is 2.00 bits per heavy atom. The Morgan fingerprint density at radius 3 is 2.47 bits per heavy atom. The van der Waals surface area contributed by atoms with E-state index in [1.165, 1.54) is 0 Å². The number of ketones is 1. The molecule has 2 nitrogen and oxygen atoms in total. The average molecular weight is 212 g/mol. The van der Waals surface area contributed by atoms with Crippen LogP contribution in [0, 0.1) is 11.8 Å². The van der Waals surface area contributed by atoms with E-state index in [1.807, 2.05) is 6.92 Å². The molecule has 1 aliphatic carbocycles. The zero-order chi connectivity index (χ0) is 11.5. The second-order valence-electron chi connectivity index (χ2n) is 5.27. The summed E-state index contributed by atoms with van der Waals surface area (Å²) in [5.41, 5.74) is -0.999. The van der Waals surface area contributed by atoms with Crippen molar-refractivity contribution in [1.82, 2.24) is 0 Å². The lowest BCUT2D eigenvalue weighted by Gasteiger charge is -2.35. The van der Waals surface area contributed by atoms with Crippen molar-refractivity contribution in [2.45, 2.75) is 64.9 Å². The number of hydrogen-bond acceptors (Lipinski definition) is 2. The van der Waals surface area contributed by atoms with Crippen molar-refractivity contribution in [2.75, 3.05) is 0 Å². The molecule has 1 fully saturated rings. The van der Waals surface area contributed by atoms with Crippen LogP contribution in [-0.4, -0.2) is 16.5 Å². The normalized spacial score (nSPS) is 33.7. The summed E-state index contributed by atoms with van der Waals surface area (Å²) in [5.74, 6) is 0.768. The van der Waals surface area contributed by atoms with Crippen molar-refractivity contribution >= 4 is 5.78 Å². The quantitative estimate of drug-likeness (QED) is 0.778. The van der Waals surface area contributed by atoms with Gasteiger partial charge in [-0.3, -0.25) is 4.79 Å². The first kappa shape index (κ1) is 12.7. The van der Waals surface area contributed by atoms with E-state index in [9.17, 15) is 9.90 Å². The molecule has 1 unspecified atom stereocenters. The lowest BCUT2D eigenvalue weighted by atomic mass is 9.74. The molecule has 0 amide bonds. The molecule has 0 spiro atoms. The molecular weight excluding hydrogens is 188 g/mol. The molecule has 0 aromatic heterocycles. The fraction of sp³-hybridized carbons (Fsp3) is 0.923. The SMILES string of the molecule is CCCC(C)C(=O)C1(O)CCC(C)CC1. The van der Waals surface area contributed by atoms with Crippen molar-refractivity contribution in [1.29, 1.82) is 0 Å². The van der Waals surface area contributed by atoms with Gasteiger partial charge >= 0.3 is 0 Å². The van der Waals surface area contributed by atoms with Gasteiger partial charge in [0.1, 0.15) is 5.60 Å². The molecule has 15 heavy (non-hydrogen) atoms. The lowest BCUT2D eigenvalue weighted by molar-refractivity contribution is -0.145. The van der Waals surface area contributed by atoms with Crippen molar-refractivity contribution in [3.05, 3.63) is 0 Å². The minimum atomic E-state index is -0.999. The number of carbonyl (C=O) groups is 1. The molecular formula is C13H24O2. The molecule has 0 saturated heterocycles. The van der Waals surface area contributed by atoms with Gasteiger partial charge in [0.15, 0.2) is 5.78 Å². The largest absolute Gasteiger partial charge is 0.382 e. The van der Waals surface area contributed by atoms with E-state index in [4.69, 9.17) is 0 Å². The van der Waals surface area contributed by atoms with Gasteiger partial charge in [-0.05, 0) is 38.0 Å². The first-order valence-electron chi connectivity index (χ1n) is 6.26. The van der Waals surface area contributed by atoms with Gasteiger partial charge in [0.2, 0.25) is 0 Å². The zero-order valence-electron chi connectivity index (χ0n) is 10.3. The van der Waals surface area contributed by atoms with Gasteiger partial charge in [-0.2, -0.15) is 0 Å². The topological polar surface area (TPSA) is 37.3 Å². The predicted molar refractivity (Wildman–Crippen MR) is 61.7 cm³/mol. The molecule has 0 aromatic rings. The van der Waals surface area contributed by atoms with E-state index in [1.54, 1.807) is 0 Å². The van der Waals surface area contributed by atoms with Crippen LogP contribution in [0.4, 0.5) is 0 Å². The minimum Gasteiger partial charge on any atom is -0.382 e. The molecule has 0 bridgehead atoms. The maximum absolute atomic E-state index is 12.1. The highest BCUT2D eigenvalue weighted by Crippen LogP contribution is 2.34. The molecule has 0 aromatic carbocycles. The highest BCUT2D eigenvalue weighted by molar-refractivity contribution is 5.88. The third-order valence-electron chi connectivity index (χ3n) is 3.73. The van der Waals surface area contributed by atoms with Crippen molar-refractivity contribution in [3.63, 3.8) is 0 Å². The van der Waals surface area contributed by atoms with Gasteiger partial charge in [-0.25, -0.2) is 0 Å². The van der Waals surface area contributed by atoms with Crippen LogP contribution in [-0.2, 0) is 4.79 Å². The van der Waals surface area contributed by atoms with Gasteiger partial charge in [0.25, 0.3) is 0 Å². The van der Waals surface area contributed by atoms with E-state index < -0.39 is 5.60 Å². The Bertz CT molecular complexity index is 215. The third-order valence-corrected chi connectivity index (χ3v) is 3.73. The zero-order valence-corrected chi connectivity index (χ0v) is 10.3. The summed E-state index contributed by atoms with van der Waals surface area (Å²) in [6.07, 6.45) is 5.22. The smallest absolute Gasteiger partial charge is 0.167 e. The van der Waals surface area contributed by atoms with Gasteiger partial charge in [-0.1, -0.05) is 27.2 Å². The van der Waals surface area contributed by atoms with E-state index in [0.717, 1.165) is 25.7 Å². The fourth-order valence-corrected chi connectivity index (χ4v) is 2.51. The van der Waals surface area contributed by atoms with Gasteiger partial charge in [0.05, 0.1) is 0 Å². The fourth-order valence-electron chi connectivity index (χ4n) is 2.51. The van der Waals surface area contributed by atoms with E-state index in [0.29, 0.717) is 18.8 Å². The van der Waals surface area contributed by atoms with Gasteiger partial charge in [-0.15, -0.1) is 0 Å². The van der Waals surface area contributed by atoms with Crippen LogP contribution < -0.4 is 0 Å². The molecule has 0 heterocycles. The highest BCUT2D eigenvalue weighted by atomic mass is 16.3. The van der Waals surface area contributed by atoms with Crippen molar-refractivity contribution < 1.29 is 9.90 Å². The van der Waals surface area contributed by atoms with Crippen LogP contribution >= 0.6 is 0 Å². The Labute approximate surface area is 93.1 Å². The van der Waals surface area contributed by atoms with Gasteiger partial charge < -0.3 is 5.11 Å². The summed E-state index contributed by atoms with van der Waals surface area (Å²) in [6, 6.07) is 0. The van der Waals surface area contributed by atoms with E-state index in [-0.39, 0.29) is 11.7 Å². The van der Waals surface area contributed by atoms with Crippen LogP contribution in [0.3, 0.4) is 0 Å². The molecule has 1 rings (SSSR count). The predicted octanol–water partition coefficient (Wildman–Crippen LogP) is 2.93. The number of rotatable bonds is 4. The standard InChI is InChI=1S/C13H24O2/c1-4-5-11(3)12(14)13(15)8-6-10(2)7-9-13/h10-11,15H,4-9H2,1-3H3. The average Bonchev–Trinajstić information content (AvgIpc) is 2.22. The first-order valence-corrected chi connectivity index (χ1v) is 6.26. The summed E-state index contributed by atoms with van der Waals surface area (Å²) >= 11 is 0. The highest BCUT2D eigenvalue weighted by Gasteiger charge is 2.40. The van der Waals surface area contributed by atoms with Crippen LogP contribution in [0.15, 0.2) is 0 Å². The van der Waals surface area contributed by atoms with E-state index >= 15 is 0 Å². The lowest BCUT2D eigenvalue weighted by Crippen LogP contribution is -2.44. The van der Waals surface area contributed by atoms with E-state index in [2.05, 4.69) is 13.8 Å². The Morgan fingerprint density at radius 1 is 1.47 bits per heavy atom. The Balaban J connectivity index is 2.57. The van der Waals surface area contributed by atoms with Crippen molar-refractivity contribution in [2.24, 2.45) is 11.8 Å². The summed E-state index contributed by atoms with van der Waals surface area (Å²) in [5, 5.41) is 10.3. The molecule has 88 valence electrons. The summed E-state index contributed by atoms with van der Waals surface area (Å²) < 4.78 is 0. The van der Waals surface area contributed by atoms with Crippen molar-refractivity contribution in [3.8, 4) is 0 Å². The molecule has 1 N–H and O–H groups in total. The molecule has 0 aliphatic heterocycles. The number of hydrogen-bond donors (Lipinski definition) is 1. The maximum atomic E-state index is 12.1. The summed E-state index contributed by atoms with van der Waals surface area (Å²) in [6.45, 7) is 6.22. The van der Waals surface area contributed by atoms with Gasteiger partial charge in [0, 0.05) is 5.92 Å². The minimum absolute atomic E-state index is 0.0217. The first-order chi connectivity index (χ1) is 6.99. The number of Topliss-reactive ketones (excluding diaryl/α,β-unsaturated/α-hetero) is 1. The van der Waals surface area contributed by atoms with Crippen LogP contribution in [0.25, 0.3) is 0 Å². The Hall–Kier alpha value is -0.370. The molecule has 1 atom stereocenters.